The Morgan fingerprint density at radius 2 is 1.09 bits per heavy atom. The number of anilines is 3. The van der Waals surface area contributed by atoms with E-state index in [1.807, 2.05) is 86.2 Å². The summed E-state index contributed by atoms with van der Waals surface area (Å²) in [6.07, 6.45) is 4.92. The number of benzene rings is 5. The minimum atomic E-state index is -0.686. The largest absolute Gasteiger partial charge is 0.493 e. The van der Waals surface area contributed by atoms with Crippen LogP contribution < -0.4 is 38.5 Å². The second-order valence-corrected chi connectivity index (χ2v) is 18.1. The number of para-hydroxylation sites is 2. The third-order valence-electron chi connectivity index (χ3n) is 13.3. The van der Waals surface area contributed by atoms with Crippen molar-refractivity contribution in [1.29, 1.82) is 0 Å². The molecule has 0 spiro atoms. The number of fused-ring (bicyclic) bond motifs is 8. The highest BCUT2D eigenvalue weighted by atomic mass is 16.7. The van der Waals surface area contributed by atoms with E-state index < -0.39 is 17.7 Å². The van der Waals surface area contributed by atoms with Gasteiger partial charge in [0, 0.05) is 80.2 Å². The number of nitrogens with zero attached hydrogens (tertiary/aromatic N) is 6. The molecule has 4 aliphatic heterocycles. The third kappa shape index (κ3) is 10.8. The Morgan fingerprint density at radius 1 is 0.613 bits per heavy atom. The third-order valence-corrected chi connectivity index (χ3v) is 13.3. The number of carbonyl (C=O) groups is 3. The van der Waals surface area contributed by atoms with Gasteiger partial charge in [-0.15, -0.1) is 4.73 Å². The maximum Gasteiger partial charge on any atom is 0.335 e. The number of rotatable bonds is 22. The van der Waals surface area contributed by atoms with Crippen molar-refractivity contribution in [2.75, 3.05) is 82.2 Å². The number of aromatic hydroxyl groups is 2. The van der Waals surface area contributed by atoms with Crippen LogP contribution in [0.15, 0.2) is 113 Å². The SMILES string of the molecule is COc1cc2c(cc1OCc1cc(COc3cc4c(cc3OC)C(=O)N3c5ccccc5C[C@H]3C=N4)cc(N(C)CCOCCOCCOCCC(=O)On3c(O)ccc3O)c1)N=C[C@@H]1Cc3ccccc3N1C2=O. The molecule has 19 nitrogen and oxygen atoms in total. The highest BCUT2D eigenvalue weighted by Crippen LogP contribution is 2.43. The molecule has 0 unspecified atom stereocenters. The minimum Gasteiger partial charge on any atom is -0.493 e. The summed E-state index contributed by atoms with van der Waals surface area (Å²) in [6, 6.07) is 30.7. The van der Waals surface area contributed by atoms with Crippen LogP contribution >= 0.6 is 0 Å². The lowest BCUT2D eigenvalue weighted by Crippen LogP contribution is -2.37. The number of aromatic nitrogens is 1. The second-order valence-electron chi connectivity index (χ2n) is 18.1. The van der Waals surface area contributed by atoms with Crippen LogP contribution in [-0.2, 0) is 45.1 Å². The van der Waals surface area contributed by atoms with E-state index in [1.165, 1.54) is 12.1 Å². The quantitative estimate of drug-likeness (QED) is 0.0647. The van der Waals surface area contributed by atoms with Crippen LogP contribution in [0.4, 0.5) is 28.4 Å². The first-order chi connectivity index (χ1) is 36.6. The molecule has 0 aliphatic carbocycles. The number of methoxy groups -OCH3 is 2. The Bertz CT molecular complexity index is 2990. The lowest BCUT2D eigenvalue weighted by atomic mass is 10.1. The van der Waals surface area contributed by atoms with Gasteiger partial charge in [0.15, 0.2) is 23.0 Å². The molecule has 0 saturated carbocycles. The van der Waals surface area contributed by atoms with Crippen LogP contribution in [0.5, 0.6) is 34.8 Å². The lowest BCUT2D eigenvalue weighted by molar-refractivity contribution is -0.146. The van der Waals surface area contributed by atoms with Crippen LogP contribution in [0.1, 0.15) is 49.4 Å². The summed E-state index contributed by atoms with van der Waals surface area (Å²) < 4.78 is 42.2. The van der Waals surface area contributed by atoms with Crippen molar-refractivity contribution >= 4 is 58.6 Å². The van der Waals surface area contributed by atoms with Gasteiger partial charge in [0.2, 0.25) is 11.8 Å². The average Bonchev–Trinajstić information content (AvgIpc) is 4.05. The zero-order valence-corrected chi connectivity index (χ0v) is 41.7. The molecule has 0 radical (unpaired) electrons. The van der Waals surface area contributed by atoms with Crippen LogP contribution in [-0.4, -0.2) is 125 Å². The smallest absolute Gasteiger partial charge is 0.335 e. The average molecular weight is 1020 g/mol. The van der Waals surface area contributed by atoms with Gasteiger partial charge in [0.1, 0.15) is 13.2 Å². The van der Waals surface area contributed by atoms with Crippen molar-refractivity contribution in [2.45, 2.75) is 44.6 Å². The van der Waals surface area contributed by atoms with Crippen molar-refractivity contribution in [3.8, 4) is 34.8 Å². The van der Waals surface area contributed by atoms with Gasteiger partial charge in [0.05, 0.1) is 94.9 Å². The van der Waals surface area contributed by atoms with E-state index in [0.29, 0.717) is 89.4 Å². The molecule has 2 N–H and O–H groups in total. The van der Waals surface area contributed by atoms with E-state index in [4.69, 9.17) is 48.0 Å². The number of carbonyl (C=O) groups excluding carboxylic acids is 3. The van der Waals surface area contributed by atoms with Gasteiger partial charge in [-0.2, -0.15) is 0 Å². The molecule has 0 fully saturated rings. The first-order valence-electron chi connectivity index (χ1n) is 24.6. The predicted octanol–water partition coefficient (Wildman–Crippen LogP) is 7.18. The van der Waals surface area contributed by atoms with E-state index in [1.54, 1.807) is 48.3 Å². The van der Waals surface area contributed by atoms with Crippen molar-refractivity contribution in [2.24, 2.45) is 9.98 Å². The number of hydrogen-bond acceptors (Lipinski definition) is 16. The summed E-state index contributed by atoms with van der Waals surface area (Å²) in [5.74, 6) is -0.164. The van der Waals surface area contributed by atoms with Gasteiger partial charge in [-0.25, -0.2) is 4.79 Å². The predicted molar refractivity (Wildman–Crippen MR) is 279 cm³/mol. The molecule has 5 aromatic carbocycles. The molecular formula is C56H56N6O13. The molecule has 0 saturated heterocycles. The number of aliphatic imine (C=N–C) groups is 2. The van der Waals surface area contributed by atoms with Gasteiger partial charge in [-0.3, -0.25) is 29.4 Å². The first kappa shape index (κ1) is 50.2. The molecule has 6 aromatic rings. The van der Waals surface area contributed by atoms with Crippen LogP contribution in [0, 0.1) is 0 Å². The van der Waals surface area contributed by atoms with Crippen LogP contribution in [0.25, 0.3) is 0 Å². The number of amides is 2. The molecule has 2 amide bonds. The summed E-state index contributed by atoms with van der Waals surface area (Å²) in [5, 5.41) is 19.2. The van der Waals surface area contributed by atoms with E-state index in [0.717, 1.165) is 39.3 Å². The maximum absolute atomic E-state index is 14.1. The fraction of sp³-hybridized carbons (Fsp3) is 0.304. The van der Waals surface area contributed by atoms with E-state index >= 15 is 0 Å². The van der Waals surface area contributed by atoms with Gasteiger partial charge in [-0.1, -0.05) is 36.4 Å². The summed E-state index contributed by atoms with van der Waals surface area (Å²) in [5.41, 5.74) is 8.28. The first-order valence-corrected chi connectivity index (χ1v) is 24.6. The zero-order chi connectivity index (χ0) is 52.0. The topological polar surface area (TPSA) is 205 Å². The molecule has 2 atom stereocenters. The van der Waals surface area contributed by atoms with Crippen molar-refractivity contribution < 1.29 is 62.6 Å². The highest BCUT2D eigenvalue weighted by Gasteiger charge is 2.38. The van der Waals surface area contributed by atoms with Crippen LogP contribution in [0.3, 0.4) is 0 Å². The van der Waals surface area contributed by atoms with Gasteiger partial charge in [0.25, 0.3) is 11.8 Å². The molecule has 388 valence electrons. The molecule has 4 aliphatic rings. The van der Waals surface area contributed by atoms with Crippen molar-refractivity contribution in [3.63, 3.8) is 0 Å². The number of ether oxygens (including phenoxy) is 7. The van der Waals surface area contributed by atoms with Gasteiger partial charge >= 0.3 is 5.97 Å². The van der Waals surface area contributed by atoms with E-state index in [-0.39, 0.29) is 63.4 Å². The Labute approximate surface area is 432 Å². The summed E-state index contributed by atoms with van der Waals surface area (Å²) in [6.45, 7) is 2.44. The molecule has 0 bridgehead atoms. The number of hydrogen-bond donors (Lipinski definition) is 2. The molecule has 19 heteroatoms. The van der Waals surface area contributed by atoms with Gasteiger partial charge < -0.3 is 53.1 Å². The van der Waals surface area contributed by atoms with Crippen molar-refractivity contribution in [3.05, 3.63) is 137 Å². The second kappa shape index (κ2) is 22.4. The molecule has 10 rings (SSSR count). The Balaban J connectivity index is 0.795. The number of likely N-dealkylation sites (N-methyl/N-ethyl adjacent to an activating group) is 1. The Kier molecular flexibility index (Phi) is 15.0. The van der Waals surface area contributed by atoms with Gasteiger partial charge in [-0.05, 0) is 64.7 Å². The summed E-state index contributed by atoms with van der Waals surface area (Å²) in [4.78, 5) is 60.3. The van der Waals surface area contributed by atoms with Crippen molar-refractivity contribution in [1.82, 2.24) is 4.73 Å². The highest BCUT2D eigenvalue weighted by molar-refractivity contribution is 6.16. The zero-order valence-electron chi connectivity index (χ0n) is 41.7. The molecule has 5 heterocycles. The minimum absolute atomic E-state index is 0.0683. The van der Waals surface area contributed by atoms with E-state index in [2.05, 4.69) is 4.90 Å². The lowest BCUT2D eigenvalue weighted by Gasteiger charge is -2.23. The van der Waals surface area contributed by atoms with E-state index in [9.17, 15) is 24.6 Å². The molecule has 75 heavy (non-hydrogen) atoms. The van der Waals surface area contributed by atoms with Crippen LogP contribution in [0.2, 0.25) is 0 Å². The monoisotopic (exact) mass is 1020 g/mol. The Hall–Kier alpha value is -8.39. The fourth-order valence-corrected chi connectivity index (χ4v) is 9.50. The molecule has 1 aromatic heterocycles. The standard InChI is InChI=1S/C56H56N6O13/c1-59(15-17-71-19-21-72-20-18-70-16-14-54(65)75-62-52(63)12-13-53(62)64)39-23-35(33-73-50-29-44-42(27-48(50)68-2)55(66)60-40(31-57-44)25-37-8-4-6-10-46(37)60)22-36(24-39)34-74-51-30-45-43(28-49(51)69-3)56(67)61-41(32-58-45)26-38-9-5-7-11-47(38)61/h4-13,22-24,27-32,40-41,63-64H,14-21,25-26,33-34H2,1-3H3/t40-,41-/m0/s1. The normalized spacial score (nSPS) is 15.8. The Morgan fingerprint density at radius 3 is 1.60 bits per heavy atom. The molecular weight excluding hydrogens is 965 g/mol. The summed E-state index contributed by atoms with van der Waals surface area (Å²) >= 11 is 0. The maximum atomic E-state index is 14.1. The summed E-state index contributed by atoms with van der Waals surface area (Å²) in [7, 11) is 5.05. The fourth-order valence-electron chi connectivity index (χ4n) is 9.50.